The molecule has 4 rings (SSSR count). The summed E-state index contributed by atoms with van der Waals surface area (Å²) in [6.45, 7) is 12.5. The number of carbonyl (C=O) groups excluding carboxylic acids is 2. The summed E-state index contributed by atoms with van der Waals surface area (Å²) in [7, 11) is 0. The Morgan fingerprint density at radius 1 is 0.667 bits per heavy atom. The second-order valence-electron chi connectivity index (χ2n) is 11.8. The third-order valence-electron chi connectivity index (χ3n) is 7.97. The lowest BCUT2D eigenvalue weighted by molar-refractivity contribution is -0.137. The van der Waals surface area contributed by atoms with Crippen molar-refractivity contribution < 1.29 is 50.1 Å². The largest absolute Gasteiger partial charge is 0.507 e. The highest BCUT2D eigenvalue weighted by Gasteiger charge is 2.29. The number of aldehydes is 2. The SMILES string of the molecule is CCCCC(=O)O.Cc1cc2c(C(C)C)c(O)c(O)c(C=O)c2c(O)c1-c1c(C)cc2c(C(C)C)c(O)c(O)c(C=O)c2c1O. The molecule has 240 valence electrons. The van der Waals surface area contributed by atoms with Crippen molar-refractivity contribution >= 4 is 40.1 Å². The van der Waals surface area contributed by atoms with Crippen LogP contribution in [0.1, 0.15) is 109 Å². The maximum atomic E-state index is 12.0. The maximum absolute atomic E-state index is 12.0. The molecular weight excluding hydrogens is 580 g/mol. The van der Waals surface area contributed by atoms with Gasteiger partial charge >= 0.3 is 5.97 Å². The van der Waals surface area contributed by atoms with Gasteiger partial charge in [0.2, 0.25) is 0 Å². The molecule has 4 aromatic carbocycles. The number of hydrogen-bond acceptors (Lipinski definition) is 9. The lowest BCUT2D eigenvalue weighted by atomic mass is 9.83. The molecule has 0 unspecified atom stereocenters. The van der Waals surface area contributed by atoms with Gasteiger partial charge in [0.25, 0.3) is 0 Å². The summed E-state index contributed by atoms with van der Waals surface area (Å²) in [6.07, 6.45) is 2.76. The summed E-state index contributed by atoms with van der Waals surface area (Å²) in [5.74, 6) is -4.27. The minimum Gasteiger partial charge on any atom is -0.507 e. The van der Waals surface area contributed by atoms with E-state index < -0.39 is 40.5 Å². The number of aryl methyl sites for hydroxylation is 2. The van der Waals surface area contributed by atoms with Crippen LogP contribution in [0, 0.1) is 13.8 Å². The number of rotatable bonds is 8. The third-order valence-corrected chi connectivity index (χ3v) is 7.97. The normalized spacial score (nSPS) is 11.2. The zero-order valence-electron chi connectivity index (χ0n) is 26.4. The Labute approximate surface area is 260 Å². The van der Waals surface area contributed by atoms with E-state index in [1.165, 1.54) is 0 Å². The molecule has 0 fully saturated rings. The molecule has 0 saturated heterocycles. The predicted molar refractivity (Wildman–Crippen MR) is 172 cm³/mol. The van der Waals surface area contributed by atoms with Crippen molar-refractivity contribution in [3.05, 3.63) is 45.5 Å². The van der Waals surface area contributed by atoms with Crippen molar-refractivity contribution in [2.45, 2.75) is 79.6 Å². The molecule has 0 aliphatic rings. The molecule has 0 atom stereocenters. The summed E-state index contributed by atoms with van der Waals surface area (Å²) < 4.78 is 0. The van der Waals surface area contributed by atoms with Gasteiger partial charge in [-0.2, -0.15) is 0 Å². The molecule has 0 radical (unpaired) electrons. The van der Waals surface area contributed by atoms with Gasteiger partial charge in [0.05, 0.1) is 11.1 Å². The highest BCUT2D eigenvalue weighted by atomic mass is 16.4. The maximum Gasteiger partial charge on any atom is 0.303 e. The molecule has 4 aromatic rings. The van der Waals surface area contributed by atoms with E-state index in [9.17, 15) is 45.0 Å². The van der Waals surface area contributed by atoms with Gasteiger partial charge < -0.3 is 35.7 Å². The first kappa shape index (κ1) is 34.5. The van der Waals surface area contributed by atoms with Gasteiger partial charge in [0, 0.05) is 39.4 Å². The van der Waals surface area contributed by atoms with Gasteiger partial charge in [-0.15, -0.1) is 0 Å². The van der Waals surface area contributed by atoms with Crippen LogP contribution in [0.4, 0.5) is 0 Å². The van der Waals surface area contributed by atoms with E-state index in [1.807, 2.05) is 6.92 Å². The standard InChI is InChI=1S/C30H30O8.C5H10O2/c1-11(2)19-15-7-13(5)21(27(35)23(15)17(9-31)25(33)29(19)37)22-14(6)8-16-20(12(3)4)30(38)26(34)18(10-32)24(16)28(22)36;1-2-3-4-5(6)7/h7-12,33-38H,1-6H3;2-4H2,1H3,(H,6,7). The molecule has 0 heterocycles. The lowest BCUT2D eigenvalue weighted by Gasteiger charge is -2.23. The highest BCUT2D eigenvalue weighted by Crippen LogP contribution is 2.54. The molecular formula is C35H40O10. The van der Waals surface area contributed by atoms with Crippen molar-refractivity contribution in [3.8, 4) is 45.6 Å². The van der Waals surface area contributed by atoms with Crippen molar-refractivity contribution in [2.75, 3.05) is 0 Å². The first-order valence-electron chi connectivity index (χ1n) is 14.7. The minimum atomic E-state index is -0.693. The van der Waals surface area contributed by atoms with E-state index in [0.29, 0.717) is 52.0 Å². The van der Waals surface area contributed by atoms with E-state index >= 15 is 0 Å². The average Bonchev–Trinajstić information content (AvgIpc) is 2.95. The fraction of sp³-hybridized carbons (Fsp3) is 0.343. The molecule has 0 saturated carbocycles. The van der Waals surface area contributed by atoms with Crippen LogP contribution in [-0.2, 0) is 4.79 Å². The van der Waals surface area contributed by atoms with Crippen LogP contribution in [0.3, 0.4) is 0 Å². The number of phenols is 6. The molecule has 0 aliphatic heterocycles. The van der Waals surface area contributed by atoms with Crippen LogP contribution in [0.5, 0.6) is 34.5 Å². The number of hydrogen-bond donors (Lipinski definition) is 7. The molecule has 0 bridgehead atoms. The monoisotopic (exact) mass is 620 g/mol. The Bertz CT molecular complexity index is 1710. The number of carboxylic acids is 1. The number of aliphatic carboxylic acids is 1. The summed E-state index contributed by atoms with van der Waals surface area (Å²) in [5, 5.41) is 74.4. The number of aromatic hydroxyl groups is 6. The Kier molecular flexibility index (Phi) is 10.2. The Morgan fingerprint density at radius 3 is 1.27 bits per heavy atom. The number of fused-ring (bicyclic) bond motifs is 2. The number of unbranched alkanes of at least 4 members (excludes halogenated alkanes) is 1. The zero-order valence-corrected chi connectivity index (χ0v) is 26.4. The Hall–Kier alpha value is -4.99. The quantitative estimate of drug-likeness (QED) is 0.0760. The first-order valence-corrected chi connectivity index (χ1v) is 14.7. The van der Waals surface area contributed by atoms with Crippen molar-refractivity contribution in [1.29, 1.82) is 0 Å². The number of carboxylic acid groups (broad SMARTS) is 1. The van der Waals surface area contributed by atoms with Gasteiger partial charge in [-0.1, -0.05) is 53.2 Å². The Morgan fingerprint density at radius 2 is 1.02 bits per heavy atom. The van der Waals surface area contributed by atoms with Crippen LogP contribution in [0.15, 0.2) is 12.1 Å². The molecule has 10 heteroatoms. The van der Waals surface area contributed by atoms with E-state index in [1.54, 1.807) is 53.7 Å². The molecule has 7 N–H and O–H groups in total. The minimum absolute atomic E-state index is 0.00512. The Balaban J connectivity index is 0.000000707. The van der Waals surface area contributed by atoms with E-state index in [0.717, 1.165) is 12.8 Å². The predicted octanol–water partition coefficient (Wildman–Crippen LogP) is 7.64. The number of benzene rings is 4. The lowest BCUT2D eigenvalue weighted by Crippen LogP contribution is -2.01. The molecule has 10 nitrogen and oxygen atoms in total. The molecule has 0 amide bonds. The highest BCUT2D eigenvalue weighted by molar-refractivity contribution is 6.14. The third kappa shape index (κ3) is 5.92. The fourth-order valence-corrected chi connectivity index (χ4v) is 5.93. The van der Waals surface area contributed by atoms with Gasteiger partial charge in [-0.3, -0.25) is 14.4 Å². The van der Waals surface area contributed by atoms with Crippen molar-refractivity contribution in [1.82, 2.24) is 0 Å². The number of phenolic OH excluding ortho intramolecular Hbond substituents is 6. The molecule has 0 aliphatic carbocycles. The summed E-state index contributed by atoms with van der Waals surface area (Å²) in [4.78, 5) is 33.8. The van der Waals surface area contributed by atoms with E-state index in [4.69, 9.17) is 5.11 Å². The van der Waals surface area contributed by atoms with Gasteiger partial charge in [0.1, 0.15) is 11.5 Å². The molecule has 0 aromatic heterocycles. The van der Waals surface area contributed by atoms with Crippen LogP contribution in [0.2, 0.25) is 0 Å². The number of carbonyl (C=O) groups is 3. The van der Waals surface area contributed by atoms with Crippen LogP contribution in [0.25, 0.3) is 32.7 Å². The summed E-state index contributed by atoms with van der Waals surface area (Å²) in [5.41, 5.74) is 1.33. The van der Waals surface area contributed by atoms with Crippen LogP contribution >= 0.6 is 0 Å². The topological polar surface area (TPSA) is 193 Å². The van der Waals surface area contributed by atoms with Crippen molar-refractivity contribution in [3.63, 3.8) is 0 Å². The van der Waals surface area contributed by atoms with Crippen LogP contribution in [-0.4, -0.2) is 54.3 Å². The summed E-state index contributed by atoms with van der Waals surface area (Å²) >= 11 is 0. The first-order chi connectivity index (χ1) is 21.1. The van der Waals surface area contributed by atoms with Gasteiger partial charge in [0.15, 0.2) is 35.6 Å². The van der Waals surface area contributed by atoms with Gasteiger partial charge in [-0.05, 0) is 54.0 Å². The molecule has 0 spiro atoms. The van der Waals surface area contributed by atoms with E-state index in [-0.39, 0.29) is 44.9 Å². The fourth-order valence-electron chi connectivity index (χ4n) is 5.93. The van der Waals surface area contributed by atoms with E-state index in [2.05, 4.69) is 0 Å². The average molecular weight is 621 g/mol. The zero-order chi connectivity index (χ0) is 34.1. The molecule has 45 heavy (non-hydrogen) atoms. The summed E-state index contributed by atoms with van der Waals surface area (Å²) in [6, 6.07) is 3.31. The second-order valence-corrected chi connectivity index (χ2v) is 11.8. The van der Waals surface area contributed by atoms with Crippen molar-refractivity contribution in [2.24, 2.45) is 0 Å². The smallest absolute Gasteiger partial charge is 0.303 e. The van der Waals surface area contributed by atoms with Gasteiger partial charge in [-0.25, -0.2) is 0 Å². The van der Waals surface area contributed by atoms with Crippen LogP contribution < -0.4 is 0 Å². The second kappa shape index (κ2) is 13.3.